The number of nitrogens with one attached hydrogen (secondary N) is 1. The minimum Gasteiger partial charge on any atom is -0.466 e. The molecule has 25 heavy (non-hydrogen) atoms. The van der Waals surface area contributed by atoms with Crippen molar-refractivity contribution < 1.29 is 14.3 Å². The predicted molar refractivity (Wildman–Crippen MR) is 100 cm³/mol. The van der Waals surface area contributed by atoms with Crippen LogP contribution in [0.4, 0.5) is 0 Å². The van der Waals surface area contributed by atoms with Crippen molar-refractivity contribution >= 4 is 34.0 Å². The van der Waals surface area contributed by atoms with Crippen LogP contribution in [0.15, 0.2) is 48.0 Å². The van der Waals surface area contributed by atoms with Crippen molar-refractivity contribution in [3.8, 4) is 0 Å². The molecule has 4 nitrogen and oxygen atoms in total. The number of para-hydroxylation sites is 1. The maximum atomic E-state index is 11.8. The van der Waals surface area contributed by atoms with Crippen LogP contribution < -0.4 is 0 Å². The van der Waals surface area contributed by atoms with E-state index in [0.717, 1.165) is 23.2 Å². The van der Waals surface area contributed by atoms with Gasteiger partial charge in [-0.05, 0) is 42.3 Å². The zero-order valence-electron chi connectivity index (χ0n) is 14.0. The summed E-state index contributed by atoms with van der Waals surface area (Å²) in [7, 11) is 0. The Bertz CT molecular complexity index is 836. The van der Waals surface area contributed by atoms with Crippen LogP contribution >= 0.6 is 11.3 Å². The fourth-order valence-corrected chi connectivity index (χ4v) is 3.51. The molecule has 2 heterocycles. The fourth-order valence-electron chi connectivity index (χ4n) is 2.81. The van der Waals surface area contributed by atoms with Gasteiger partial charge in [0.25, 0.3) is 0 Å². The Kier molecular flexibility index (Phi) is 6.01. The maximum absolute atomic E-state index is 11.8. The normalized spacial score (nSPS) is 10.9. The van der Waals surface area contributed by atoms with Crippen molar-refractivity contribution in [1.82, 2.24) is 4.98 Å². The van der Waals surface area contributed by atoms with Gasteiger partial charge in [0.05, 0.1) is 11.5 Å². The lowest BCUT2D eigenvalue weighted by Gasteiger charge is -2.04. The summed E-state index contributed by atoms with van der Waals surface area (Å²) in [5, 5.41) is 3.10. The minimum atomic E-state index is -0.191. The third-order valence-electron chi connectivity index (χ3n) is 4.11. The van der Waals surface area contributed by atoms with Gasteiger partial charge in [0.2, 0.25) is 0 Å². The number of hydrogen-bond acceptors (Lipinski definition) is 4. The van der Waals surface area contributed by atoms with Gasteiger partial charge >= 0.3 is 5.97 Å². The number of aromatic amines is 1. The quantitative estimate of drug-likeness (QED) is 0.342. The Hall–Kier alpha value is -2.40. The molecule has 5 heteroatoms. The number of ether oxygens (including phenoxy) is 1. The van der Waals surface area contributed by atoms with Gasteiger partial charge in [-0.3, -0.25) is 9.59 Å². The number of aryl methyl sites for hydroxylation is 1. The van der Waals surface area contributed by atoms with Crippen LogP contribution in [0.3, 0.4) is 0 Å². The molecule has 0 bridgehead atoms. The molecule has 0 aliphatic heterocycles. The summed E-state index contributed by atoms with van der Waals surface area (Å²) in [4.78, 5) is 27.6. The SMILES string of the molecule is O=C(CCCc1c[nH]c2ccccc12)OCCCC(=O)c1cccs1. The van der Waals surface area contributed by atoms with Gasteiger partial charge in [0.1, 0.15) is 0 Å². The summed E-state index contributed by atoms with van der Waals surface area (Å²) in [5.74, 6) is -0.0752. The Morgan fingerprint density at radius 2 is 1.92 bits per heavy atom. The minimum absolute atomic E-state index is 0.116. The third-order valence-corrected chi connectivity index (χ3v) is 5.02. The molecular formula is C20H21NO3S. The monoisotopic (exact) mass is 355 g/mol. The second kappa shape index (κ2) is 8.62. The number of fused-ring (bicyclic) bond motifs is 1. The second-order valence-corrected chi connectivity index (χ2v) is 6.89. The summed E-state index contributed by atoms with van der Waals surface area (Å²) in [6, 6.07) is 11.8. The van der Waals surface area contributed by atoms with Gasteiger partial charge < -0.3 is 9.72 Å². The molecule has 0 aliphatic carbocycles. The van der Waals surface area contributed by atoms with Crippen molar-refractivity contribution in [3.05, 3.63) is 58.4 Å². The van der Waals surface area contributed by atoms with Gasteiger partial charge in [0, 0.05) is 29.9 Å². The van der Waals surface area contributed by atoms with Crippen LogP contribution in [-0.4, -0.2) is 23.3 Å². The van der Waals surface area contributed by atoms with E-state index < -0.39 is 0 Å². The molecular weight excluding hydrogens is 334 g/mol. The molecule has 0 fully saturated rings. The lowest BCUT2D eigenvalue weighted by Crippen LogP contribution is -2.07. The van der Waals surface area contributed by atoms with Crippen LogP contribution in [0.1, 0.15) is 40.9 Å². The van der Waals surface area contributed by atoms with Crippen molar-refractivity contribution in [3.63, 3.8) is 0 Å². The molecule has 0 saturated heterocycles. The summed E-state index contributed by atoms with van der Waals surface area (Å²) >= 11 is 1.45. The first-order valence-electron chi connectivity index (χ1n) is 8.51. The molecule has 0 aliphatic rings. The largest absolute Gasteiger partial charge is 0.466 e. The lowest BCUT2D eigenvalue weighted by atomic mass is 10.1. The van der Waals surface area contributed by atoms with E-state index in [2.05, 4.69) is 11.1 Å². The summed E-state index contributed by atoms with van der Waals surface area (Å²) < 4.78 is 5.22. The summed E-state index contributed by atoms with van der Waals surface area (Å²) in [5.41, 5.74) is 2.35. The molecule has 2 aromatic heterocycles. The van der Waals surface area contributed by atoms with E-state index in [1.165, 1.54) is 22.3 Å². The number of benzene rings is 1. The van der Waals surface area contributed by atoms with E-state index in [0.29, 0.717) is 25.9 Å². The van der Waals surface area contributed by atoms with Gasteiger partial charge in [-0.15, -0.1) is 11.3 Å². The van der Waals surface area contributed by atoms with Gasteiger partial charge in [0.15, 0.2) is 5.78 Å². The molecule has 0 unspecified atom stereocenters. The average molecular weight is 355 g/mol. The fraction of sp³-hybridized carbons (Fsp3) is 0.300. The van der Waals surface area contributed by atoms with Gasteiger partial charge in [-0.1, -0.05) is 24.3 Å². The highest BCUT2D eigenvalue weighted by Gasteiger charge is 2.09. The summed E-state index contributed by atoms with van der Waals surface area (Å²) in [6.07, 6.45) is 5.00. The van der Waals surface area contributed by atoms with Crippen molar-refractivity contribution in [2.24, 2.45) is 0 Å². The van der Waals surface area contributed by atoms with E-state index in [-0.39, 0.29) is 11.8 Å². The molecule has 1 N–H and O–H groups in total. The van der Waals surface area contributed by atoms with Crippen molar-refractivity contribution in [1.29, 1.82) is 0 Å². The number of Topliss-reactive ketones (excluding diaryl/α,β-unsaturated/α-hetero) is 1. The zero-order chi connectivity index (χ0) is 17.5. The van der Waals surface area contributed by atoms with Gasteiger partial charge in [-0.2, -0.15) is 0 Å². The smallest absolute Gasteiger partial charge is 0.305 e. The Labute approximate surface area is 150 Å². The molecule has 0 spiro atoms. The van der Waals surface area contributed by atoms with Crippen LogP contribution in [0.25, 0.3) is 10.9 Å². The topological polar surface area (TPSA) is 59.2 Å². The van der Waals surface area contributed by atoms with Crippen LogP contribution in [0.2, 0.25) is 0 Å². The third kappa shape index (κ3) is 4.79. The Balaban J connectivity index is 1.32. The van der Waals surface area contributed by atoms with Gasteiger partial charge in [-0.25, -0.2) is 0 Å². The predicted octanol–water partition coefficient (Wildman–Crippen LogP) is 4.76. The van der Waals surface area contributed by atoms with Crippen molar-refractivity contribution in [2.45, 2.75) is 32.1 Å². The first kappa shape index (κ1) is 17.4. The molecule has 0 amide bonds. The van der Waals surface area contributed by atoms with Crippen LogP contribution in [0, 0.1) is 0 Å². The van der Waals surface area contributed by atoms with E-state index in [9.17, 15) is 9.59 Å². The van der Waals surface area contributed by atoms with Crippen molar-refractivity contribution in [2.75, 3.05) is 6.61 Å². The van der Waals surface area contributed by atoms with E-state index >= 15 is 0 Å². The Morgan fingerprint density at radius 1 is 1.04 bits per heavy atom. The highest BCUT2D eigenvalue weighted by Crippen LogP contribution is 2.19. The van der Waals surface area contributed by atoms with E-state index in [1.807, 2.05) is 41.9 Å². The zero-order valence-corrected chi connectivity index (χ0v) is 14.8. The summed E-state index contributed by atoms with van der Waals surface area (Å²) in [6.45, 7) is 0.309. The first-order valence-corrected chi connectivity index (χ1v) is 9.39. The molecule has 130 valence electrons. The average Bonchev–Trinajstić information content (AvgIpc) is 3.29. The highest BCUT2D eigenvalue weighted by atomic mass is 32.1. The standard InChI is InChI=1S/C20H21NO3S/c22-18(19-10-5-13-25-19)9-4-12-24-20(23)11-3-6-15-14-21-17-8-2-1-7-16(15)17/h1-2,5,7-8,10,13-14,21H,3-4,6,9,11-12H2. The molecule has 3 aromatic rings. The number of H-pyrrole nitrogens is 1. The van der Waals surface area contributed by atoms with E-state index in [1.54, 1.807) is 0 Å². The Morgan fingerprint density at radius 3 is 2.76 bits per heavy atom. The number of thiophene rings is 1. The molecule has 0 saturated carbocycles. The highest BCUT2D eigenvalue weighted by molar-refractivity contribution is 7.12. The number of esters is 1. The molecule has 0 radical (unpaired) electrons. The second-order valence-electron chi connectivity index (χ2n) is 5.94. The van der Waals surface area contributed by atoms with E-state index in [4.69, 9.17) is 4.74 Å². The number of rotatable bonds is 9. The lowest BCUT2D eigenvalue weighted by molar-refractivity contribution is -0.143. The number of hydrogen-bond donors (Lipinski definition) is 1. The number of ketones is 1. The number of aromatic nitrogens is 1. The first-order chi connectivity index (χ1) is 12.2. The maximum Gasteiger partial charge on any atom is 0.305 e. The number of carbonyl (C=O) groups is 2. The van der Waals surface area contributed by atoms with Crippen LogP contribution in [-0.2, 0) is 16.0 Å². The molecule has 3 rings (SSSR count). The molecule has 0 atom stereocenters. The van der Waals surface area contributed by atoms with Crippen LogP contribution in [0.5, 0.6) is 0 Å². The molecule has 1 aromatic carbocycles. The number of carbonyl (C=O) groups excluding carboxylic acids is 2.